The van der Waals surface area contributed by atoms with E-state index in [9.17, 15) is 0 Å². The smallest absolute Gasteiger partial charge is 0.230 e. The normalized spacial score (nSPS) is 10.5. The third-order valence-corrected chi connectivity index (χ3v) is 4.05. The van der Waals surface area contributed by atoms with E-state index in [1.54, 1.807) is 7.05 Å². The monoisotopic (exact) mass is 297 g/mol. The highest BCUT2D eigenvalue weighted by molar-refractivity contribution is 7.14. The first-order valence-corrected chi connectivity index (χ1v) is 7.37. The van der Waals surface area contributed by atoms with Gasteiger partial charge in [0.15, 0.2) is 5.82 Å². The summed E-state index contributed by atoms with van der Waals surface area (Å²) in [5.41, 5.74) is 0. The summed E-state index contributed by atoms with van der Waals surface area (Å²) in [6.07, 6.45) is 0. The van der Waals surface area contributed by atoms with E-state index in [-0.39, 0.29) is 0 Å². The number of thiophene rings is 1. The van der Waals surface area contributed by atoms with Crippen LogP contribution in [-0.4, -0.2) is 35.1 Å². The maximum absolute atomic E-state index is 6.15. The Balaban J connectivity index is 2.50. The Kier molecular flexibility index (Phi) is 4.55. The molecular formula is C12H16ClN5S. The molecule has 0 aliphatic carbocycles. The molecular weight excluding hydrogens is 282 g/mol. The molecule has 0 saturated carbocycles. The SMILES string of the molecule is CCN(CC)c1nc(NC)nc(-c2sccc2Cl)n1. The molecule has 2 aromatic rings. The van der Waals surface area contributed by atoms with E-state index >= 15 is 0 Å². The van der Waals surface area contributed by atoms with Crippen LogP contribution < -0.4 is 10.2 Å². The van der Waals surface area contributed by atoms with Crippen LogP contribution in [0.5, 0.6) is 0 Å². The summed E-state index contributed by atoms with van der Waals surface area (Å²) in [5, 5.41) is 5.56. The van der Waals surface area contributed by atoms with Crippen molar-refractivity contribution >= 4 is 34.8 Å². The number of nitrogens with zero attached hydrogens (tertiary/aromatic N) is 4. The zero-order valence-corrected chi connectivity index (χ0v) is 12.7. The minimum absolute atomic E-state index is 0.552. The Morgan fingerprint density at radius 2 is 2.00 bits per heavy atom. The molecule has 0 aliphatic heterocycles. The number of halogens is 1. The topological polar surface area (TPSA) is 53.9 Å². The Hall–Kier alpha value is -1.40. The molecule has 2 heterocycles. The van der Waals surface area contributed by atoms with Gasteiger partial charge in [0.1, 0.15) is 0 Å². The molecule has 102 valence electrons. The molecule has 2 aromatic heterocycles. The van der Waals surface area contributed by atoms with Crippen LogP contribution in [0.15, 0.2) is 11.4 Å². The molecule has 0 atom stereocenters. The lowest BCUT2D eigenvalue weighted by Gasteiger charge is -2.19. The van der Waals surface area contributed by atoms with Gasteiger partial charge in [0, 0.05) is 20.1 Å². The van der Waals surface area contributed by atoms with E-state index in [1.807, 2.05) is 11.4 Å². The minimum atomic E-state index is 0.552. The predicted octanol–water partition coefficient (Wildman–Crippen LogP) is 3.14. The van der Waals surface area contributed by atoms with Gasteiger partial charge in [-0.1, -0.05) is 11.6 Å². The number of rotatable bonds is 5. The van der Waals surface area contributed by atoms with Crippen LogP contribution in [-0.2, 0) is 0 Å². The van der Waals surface area contributed by atoms with E-state index in [4.69, 9.17) is 11.6 Å². The molecule has 0 aromatic carbocycles. The van der Waals surface area contributed by atoms with Gasteiger partial charge in [-0.2, -0.15) is 15.0 Å². The van der Waals surface area contributed by atoms with Crippen molar-refractivity contribution in [3.8, 4) is 10.7 Å². The fourth-order valence-electron chi connectivity index (χ4n) is 1.68. The van der Waals surface area contributed by atoms with Crippen LogP contribution >= 0.6 is 22.9 Å². The zero-order valence-electron chi connectivity index (χ0n) is 11.1. The van der Waals surface area contributed by atoms with Crippen molar-refractivity contribution in [1.82, 2.24) is 15.0 Å². The highest BCUT2D eigenvalue weighted by atomic mass is 35.5. The molecule has 7 heteroatoms. The first kappa shape index (κ1) is 14.0. The van der Waals surface area contributed by atoms with Gasteiger partial charge in [0.05, 0.1) is 9.90 Å². The van der Waals surface area contributed by atoms with Crippen LogP contribution in [0.3, 0.4) is 0 Å². The van der Waals surface area contributed by atoms with Crippen molar-refractivity contribution in [3.05, 3.63) is 16.5 Å². The van der Waals surface area contributed by atoms with Gasteiger partial charge in [0.25, 0.3) is 0 Å². The van der Waals surface area contributed by atoms with Gasteiger partial charge in [0.2, 0.25) is 11.9 Å². The fraction of sp³-hybridized carbons (Fsp3) is 0.417. The first-order chi connectivity index (χ1) is 9.19. The highest BCUT2D eigenvalue weighted by Crippen LogP contribution is 2.31. The standard InChI is InChI=1S/C12H16ClN5S/c1-4-18(5-2)12-16-10(15-11(14-3)17-12)9-8(13)6-7-19-9/h6-7H,4-5H2,1-3H3,(H,14,15,16,17). The molecule has 0 amide bonds. The largest absolute Gasteiger partial charge is 0.357 e. The van der Waals surface area contributed by atoms with E-state index in [2.05, 4.69) is 39.0 Å². The molecule has 0 fully saturated rings. The third kappa shape index (κ3) is 2.96. The van der Waals surface area contributed by atoms with Crippen LogP contribution in [0.2, 0.25) is 5.02 Å². The summed E-state index contributed by atoms with van der Waals surface area (Å²) in [4.78, 5) is 16.2. The number of nitrogens with one attached hydrogen (secondary N) is 1. The van der Waals surface area contributed by atoms with Crippen molar-refractivity contribution in [2.24, 2.45) is 0 Å². The van der Waals surface area contributed by atoms with E-state index in [0.29, 0.717) is 22.7 Å². The summed E-state index contributed by atoms with van der Waals surface area (Å²) >= 11 is 7.67. The minimum Gasteiger partial charge on any atom is -0.357 e. The Labute approximate surface area is 121 Å². The van der Waals surface area contributed by atoms with Gasteiger partial charge in [-0.25, -0.2) is 0 Å². The van der Waals surface area contributed by atoms with Crippen LogP contribution in [0.1, 0.15) is 13.8 Å². The summed E-state index contributed by atoms with van der Waals surface area (Å²) in [7, 11) is 1.79. The summed E-state index contributed by atoms with van der Waals surface area (Å²) < 4.78 is 0. The molecule has 0 saturated heterocycles. The van der Waals surface area contributed by atoms with Crippen molar-refractivity contribution in [2.45, 2.75) is 13.8 Å². The molecule has 0 unspecified atom stereocenters. The molecule has 19 heavy (non-hydrogen) atoms. The highest BCUT2D eigenvalue weighted by Gasteiger charge is 2.14. The lowest BCUT2D eigenvalue weighted by atomic mass is 10.4. The maximum atomic E-state index is 6.15. The predicted molar refractivity (Wildman–Crippen MR) is 81.3 cm³/mol. The average molecular weight is 298 g/mol. The van der Waals surface area contributed by atoms with E-state index < -0.39 is 0 Å². The van der Waals surface area contributed by atoms with Crippen molar-refractivity contribution in [1.29, 1.82) is 0 Å². The molecule has 5 nitrogen and oxygen atoms in total. The fourth-order valence-corrected chi connectivity index (χ4v) is 2.75. The second-order valence-electron chi connectivity index (χ2n) is 3.80. The number of hydrogen-bond acceptors (Lipinski definition) is 6. The lowest BCUT2D eigenvalue weighted by molar-refractivity contribution is 0.815. The molecule has 2 rings (SSSR count). The molecule has 0 radical (unpaired) electrons. The summed E-state index contributed by atoms with van der Waals surface area (Å²) in [6, 6.07) is 1.85. The van der Waals surface area contributed by atoms with Crippen LogP contribution in [0, 0.1) is 0 Å². The van der Waals surface area contributed by atoms with Gasteiger partial charge in [-0.05, 0) is 25.3 Å². The summed E-state index contributed by atoms with van der Waals surface area (Å²) in [5.74, 6) is 1.83. The van der Waals surface area contributed by atoms with Crippen molar-refractivity contribution < 1.29 is 0 Å². The van der Waals surface area contributed by atoms with E-state index in [0.717, 1.165) is 18.0 Å². The Morgan fingerprint density at radius 3 is 2.53 bits per heavy atom. The van der Waals surface area contributed by atoms with Crippen LogP contribution in [0.25, 0.3) is 10.7 Å². The zero-order chi connectivity index (χ0) is 13.8. The maximum Gasteiger partial charge on any atom is 0.230 e. The Morgan fingerprint density at radius 1 is 1.26 bits per heavy atom. The third-order valence-electron chi connectivity index (χ3n) is 2.71. The number of aromatic nitrogens is 3. The lowest BCUT2D eigenvalue weighted by Crippen LogP contribution is -2.25. The quantitative estimate of drug-likeness (QED) is 0.919. The van der Waals surface area contributed by atoms with Gasteiger partial charge >= 0.3 is 0 Å². The molecule has 1 N–H and O–H groups in total. The number of anilines is 2. The Bertz CT molecular complexity index is 553. The molecule has 0 bridgehead atoms. The second-order valence-corrected chi connectivity index (χ2v) is 5.13. The van der Waals surface area contributed by atoms with E-state index in [1.165, 1.54) is 11.3 Å². The van der Waals surface area contributed by atoms with Crippen molar-refractivity contribution in [3.63, 3.8) is 0 Å². The second kappa shape index (κ2) is 6.16. The average Bonchev–Trinajstić information content (AvgIpc) is 2.86. The van der Waals surface area contributed by atoms with Gasteiger partial charge in [-0.15, -0.1) is 11.3 Å². The van der Waals surface area contributed by atoms with Gasteiger partial charge in [-0.3, -0.25) is 0 Å². The van der Waals surface area contributed by atoms with Crippen LogP contribution in [0.4, 0.5) is 11.9 Å². The summed E-state index contributed by atoms with van der Waals surface area (Å²) in [6.45, 7) is 5.84. The van der Waals surface area contributed by atoms with Gasteiger partial charge < -0.3 is 10.2 Å². The molecule has 0 spiro atoms. The molecule has 0 aliphatic rings. The first-order valence-electron chi connectivity index (χ1n) is 6.11. The number of hydrogen-bond donors (Lipinski definition) is 1. The van der Waals surface area contributed by atoms with Crippen molar-refractivity contribution in [2.75, 3.05) is 30.4 Å².